The van der Waals surface area contributed by atoms with Crippen molar-refractivity contribution in [2.24, 2.45) is 0 Å². The molecule has 47 heavy (non-hydrogen) atoms. The Morgan fingerprint density at radius 3 is 2.62 bits per heavy atom. The number of ether oxygens (including phenoxy) is 2. The summed E-state index contributed by atoms with van der Waals surface area (Å²) in [5.74, 6) is 0.0456. The molecular weight excluding hydrogens is 654 g/mol. The Hall–Kier alpha value is -4.64. The van der Waals surface area contributed by atoms with Gasteiger partial charge in [-0.1, -0.05) is 89.3 Å². The molecule has 0 aliphatic carbocycles. The Morgan fingerprint density at radius 1 is 1.00 bits per heavy atom. The summed E-state index contributed by atoms with van der Waals surface area (Å²) in [7, 11) is 0. The second-order valence-corrected chi connectivity index (χ2v) is 13.9. The van der Waals surface area contributed by atoms with Gasteiger partial charge in [0.15, 0.2) is 4.34 Å². The zero-order chi connectivity index (χ0) is 32.5. The van der Waals surface area contributed by atoms with Crippen molar-refractivity contribution in [1.82, 2.24) is 10.2 Å². The van der Waals surface area contributed by atoms with Gasteiger partial charge in [-0.2, -0.15) is 0 Å². The zero-order valence-electron chi connectivity index (χ0n) is 25.1. The van der Waals surface area contributed by atoms with Crippen molar-refractivity contribution in [1.29, 1.82) is 0 Å². The summed E-state index contributed by atoms with van der Waals surface area (Å²) >= 11 is 8.70. The maximum atomic E-state index is 13.8. The number of halogens is 1. The highest BCUT2D eigenvalue weighted by Crippen LogP contribution is 2.45. The van der Waals surface area contributed by atoms with Crippen molar-refractivity contribution in [2.75, 3.05) is 4.90 Å². The molecule has 4 aromatic carbocycles. The summed E-state index contributed by atoms with van der Waals surface area (Å²) in [5, 5.41) is 21.3. The number of hydrogen-bond donors (Lipinski definition) is 1. The molecule has 0 bridgehead atoms. The Morgan fingerprint density at radius 2 is 1.81 bits per heavy atom. The number of hydrogen-bond acceptors (Lipinski definition) is 9. The third-order valence-corrected chi connectivity index (χ3v) is 10.3. The standard InChI is InChI=1S/C36H28ClN3O5S2/c1-21-16-26-17-25(12-15-29(26)45-21)32(41)30-31(24-8-5-9-28(18-24)44-19-22-6-3-2-4-7-22)40(34(43)33(30)42)35-38-39-36(47-35)46-20-23-10-13-27(37)14-11-23/h2-15,17-18,21,31,41H,16,19-20H2,1H3/b32-30+. The molecule has 236 valence electrons. The van der Waals surface area contributed by atoms with Crippen LogP contribution in [-0.2, 0) is 28.4 Å². The average molecular weight is 682 g/mol. The number of carbonyl (C=O) groups is 2. The van der Waals surface area contributed by atoms with E-state index in [2.05, 4.69) is 10.2 Å². The first-order valence-corrected chi connectivity index (χ1v) is 17.1. The number of amides is 1. The lowest BCUT2D eigenvalue weighted by atomic mass is 9.94. The lowest BCUT2D eigenvalue weighted by molar-refractivity contribution is -0.132. The van der Waals surface area contributed by atoms with E-state index in [9.17, 15) is 14.7 Å². The molecule has 5 aromatic rings. The molecule has 0 saturated carbocycles. The Labute approximate surface area is 284 Å². The Bertz CT molecular complexity index is 2000. The largest absolute Gasteiger partial charge is 0.507 e. The van der Waals surface area contributed by atoms with Gasteiger partial charge < -0.3 is 14.6 Å². The number of rotatable bonds is 9. The number of nitrogens with zero attached hydrogens (tertiary/aromatic N) is 3. The van der Waals surface area contributed by atoms with Crippen LogP contribution in [0.15, 0.2) is 107 Å². The molecule has 2 atom stereocenters. The predicted octanol–water partition coefficient (Wildman–Crippen LogP) is 8.01. The van der Waals surface area contributed by atoms with Crippen molar-refractivity contribution in [2.45, 2.75) is 42.2 Å². The molecule has 1 N–H and O–H groups in total. The van der Waals surface area contributed by atoms with Crippen LogP contribution in [-0.4, -0.2) is 33.1 Å². The fourth-order valence-corrected chi connectivity index (χ4v) is 7.62. The van der Waals surface area contributed by atoms with E-state index in [1.54, 1.807) is 24.3 Å². The second-order valence-electron chi connectivity index (χ2n) is 11.2. The number of benzene rings is 4. The van der Waals surface area contributed by atoms with Crippen LogP contribution >= 0.6 is 34.7 Å². The van der Waals surface area contributed by atoms with Gasteiger partial charge in [0.2, 0.25) is 5.13 Å². The molecule has 2 aliphatic rings. The number of anilines is 1. The first-order valence-electron chi connectivity index (χ1n) is 14.9. The highest BCUT2D eigenvalue weighted by molar-refractivity contribution is 8.00. The number of aromatic nitrogens is 2. The van der Waals surface area contributed by atoms with Crippen LogP contribution in [0.1, 0.15) is 40.8 Å². The molecule has 1 amide bonds. The molecule has 2 aliphatic heterocycles. The molecule has 7 rings (SSSR count). The van der Waals surface area contributed by atoms with E-state index in [4.69, 9.17) is 21.1 Å². The topological polar surface area (TPSA) is 102 Å². The van der Waals surface area contributed by atoms with Gasteiger partial charge in [0.25, 0.3) is 5.78 Å². The number of Topliss-reactive ketones (excluding diaryl/α,β-unsaturated/α-hetero) is 1. The summed E-state index contributed by atoms with van der Waals surface area (Å²) < 4.78 is 12.6. The average Bonchev–Trinajstić information content (AvgIpc) is 3.78. The number of aliphatic hydroxyl groups excluding tert-OH is 1. The fourth-order valence-electron chi connectivity index (χ4n) is 5.67. The van der Waals surface area contributed by atoms with Gasteiger partial charge in [-0.15, -0.1) is 10.2 Å². The van der Waals surface area contributed by atoms with E-state index in [0.717, 1.165) is 22.4 Å². The van der Waals surface area contributed by atoms with Crippen LogP contribution in [0.2, 0.25) is 5.02 Å². The van der Waals surface area contributed by atoms with Crippen molar-refractivity contribution in [3.63, 3.8) is 0 Å². The first-order chi connectivity index (χ1) is 22.8. The number of aliphatic hydroxyl groups is 1. The predicted molar refractivity (Wildman–Crippen MR) is 183 cm³/mol. The lowest BCUT2D eigenvalue weighted by Crippen LogP contribution is -2.29. The van der Waals surface area contributed by atoms with Crippen molar-refractivity contribution in [3.8, 4) is 11.5 Å². The maximum Gasteiger partial charge on any atom is 0.301 e. The van der Waals surface area contributed by atoms with Gasteiger partial charge in [-0.3, -0.25) is 14.5 Å². The maximum absolute atomic E-state index is 13.8. The number of thioether (sulfide) groups is 1. The Kier molecular flexibility index (Phi) is 8.72. The minimum Gasteiger partial charge on any atom is -0.507 e. The summed E-state index contributed by atoms with van der Waals surface area (Å²) in [6, 6.07) is 28.8. The van der Waals surface area contributed by atoms with E-state index in [1.807, 2.05) is 79.7 Å². The summed E-state index contributed by atoms with van der Waals surface area (Å²) in [6.07, 6.45) is 0.687. The van der Waals surface area contributed by atoms with Gasteiger partial charge in [-0.25, -0.2) is 0 Å². The van der Waals surface area contributed by atoms with Crippen molar-refractivity contribution in [3.05, 3.63) is 135 Å². The van der Waals surface area contributed by atoms with Crippen LogP contribution in [0.3, 0.4) is 0 Å². The molecular formula is C36H28ClN3O5S2. The van der Waals surface area contributed by atoms with Gasteiger partial charge in [0.05, 0.1) is 11.6 Å². The second kappa shape index (κ2) is 13.2. The molecule has 0 radical (unpaired) electrons. The normalized spacial score (nSPS) is 18.3. The van der Waals surface area contributed by atoms with E-state index >= 15 is 0 Å². The molecule has 0 spiro atoms. The molecule has 1 aromatic heterocycles. The third kappa shape index (κ3) is 6.49. The van der Waals surface area contributed by atoms with Crippen LogP contribution in [0.5, 0.6) is 11.5 Å². The minimum absolute atomic E-state index is 0.00997. The zero-order valence-corrected chi connectivity index (χ0v) is 27.5. The summed E-state index contributed by atoms with van der Waals surface area (Å²) in [6.45, 7) is 2.31. The molecule has 8 nitrogen and oxygen atoms in total. The Balaban J connectivity index is 1.25. The van der Waals surface area contributed by atoms with E-state index < -0.39 is 17.7 Å². The smallest absolute Gasteiger partial charge is 0.301 e. The summed E-state index contributed by atoms with van der Waals surface area (Å²) in [5.41, 5.74) is 3.95. The molecule has 1 fully saturated rings. The molecule has 2 unspecified atom stereocenters. The van der Waals surface area contributed by atoms with Gasteiger partial charge in [-0.05, 0) is 71.6 Å². The summed E-state index contributed by atoms with van der Waals surface area (Å²) in [4.78, 5) is 28.9. The van der Waals surface area contributed by atoms with Crippen LogP contribution in [0, 0.1) is 0 Å². The highest BCUT2D eigenvalue weighted by atomic mass is 35.5. The molecule has 1 saturated heterocycles. The monoisotopic (exact) mass is 681 g/mol. The molecule has 11 heteroatoms. The first kappa shape index (κ1) is 31.0. The van der Waals surface area contributed by atoms with E-state index in [-0.39, 0.29) is 22.6 Å². The van der Waals surface area contributed by atoms with Gasteiger partial charge in [0, 0.05) is 22.8 Å². The van der Waals surface area contributed by atoms with Crippen molar-refractivity contribution >= 4 is 57.3 Å². The van der Waals surface area contributed by atoms with Crippen LogP contribution in [0.25, 0.3) is 5.76 Å². The van der Waals surface area contributed by atoms with Crippen molar-refractivity contribution < 1.29 is 24.2 Å². The SMILES string of the molecule is CC1Cc2cc(/C(O)=C3\C(=O)C(=O)N(c4nnc(SCc5ccc(Cl)cc5)s4)C3c3cccc(OCc4ccccc4)c3)ccc2O1. The van der Waals surface area contributed by atoms with E-state index in [0.29, 0.717) is 45.0 Å². The number of fused-ring (bicyclic) bond motifs is 1. The van der Waals surface area contributed by atoms with Crippen LogP contribution in [0.4, 0.5) is 5.13 Å². The van der Waals surface area contributed by atoms with Crippen LogP contribution < -0.4 is 14.4 Å². The molecule has 3 heterocycles. The van der Waals surface area contributed by atoms with Gasteiger partial charge in [0.1, 0.15) is 30.0 Å². The number of ketones is 1. The fraction of sp³-hybridized carbons (Fsp3) is 0.167. The third-order valence-electron chi connectivity index (χ3n) is 7.91. The van der Waals surface area contributed by atoms with Gasteiger partial charge >= 0.3 is 5.91 Å². The number of carbonyl (C=O) groups excluding carboxylic acids is 2. The minimum atomic E-state index is -0.972. The quantitative estimate of drug-likeness (QED) is 0.0549. The lowest BCUT2D eigenvalue weighted by Gasteiger charge is -2.23. The highest BCUT2D eigenvalue weighted by Gasteiger charge is 2.48. The van der Waals surface area contributed by atoms with E-state index in [1.165, 1.54) is 28.0 Å².